The lowest BCUT2D eigenvalue weighted by molar-refractivity contribution is 1.13. The average Bonchev–Trinajstić information content (AvgIpc) is 2.15. The van der Waals surface area contributed by atoms with E-state index < -0.39 is 0 Å². The summed E-state index contributed by atoms with van der Waals surface area (Å²) in [6.45, 7) is 4.24. The van der Waals surface area contributed by atoms with Crippen LogP contribution in [-0.2, 0) is 12.8 Å². The minimum absolute atomic E-state index is 1.06. The number of hydrogen-bond acceptors (Lipinski definition) is 0. The van der Waals surface area contributed by atoms with Gasteiger partial charge in [-0.25, -0.2) is 0 Å². The number of hydrogen-bond donors (Lipinski definition) is 0. The van der Waals surface area contributed by atoms with Crippen LogP contribution in [0.3, 0.4) is 0 Å². The first-order chi connectivity index (χ1) is 5.86. The van der Waals surface area contributed by atoms with E-state index in [-0.39, 0.29) is 0 Å². The summed E-state index contributed by atoms with van der Waals surface area (Å²) in [6.07, 6.45) is 6.46. The van der Waals surface area contributed by atoms with Crippen molar-refractivity contribution >= 4 is 0 Å². The molecule has 0 fully saturated rings. The Hall–Kier alpha value is -1.04. The highest BCUT2D eigenvalue weighted by molar-refractivity contribution is 5.23. The van der Waals surface area contributed by atoms with E-state index >= 15 is 0 Å². The summed E-state index contributed by atoms with van der Waals surface area (Å²) in [5.41, 5.74) is 2.81. The minimum atomic E-state index is 1.06. The second kappa shape index (κ2) is 4.76. The zero-order chi connectivity index (χ0) is 8.81. The third-order valence-corrected chi connectivity index (χ3v) is 2.02. The molecule has 0 radical (unpaired) electrons. The van der Waals surface area contributed by atoms with Crippen molar-refractivity contribution in [3.63, 3.8) is 0 Å². The summed E-state index contributed by atoms with van der Waals surface area (Å²) < 4.78 is 0. The van der Waals surface area contributed by atoms with Crippen molar-refractivity contribution < 1.29 is 0 Å². The number of aryl methyl sites for hydroxylation is 1. The second-order valence-electron chi connectivity index (χ2n) is 2.94. The molecule has 0 saturated heterocycles. The van der Waals surface area contributed by atoms with Crippen LogP contribution in [0.5, 0.6) is 0 Å². The number of rotatable bonds is 3. The van der Waals surface area contributed by atoms with Crippen LogP contribution in [0.15, 0.2) is 36.4 Å². The Balaban J connectivity index is 2.64. The van der Waals surface area contributed by atoms with Crippen LogP contribution in [0, 0.1) is 0 Å². The minimum Gasteiger partial charge on any atom is -0.0913 e. The Morgan fingerprint density at radius 1 is 1.08 bits per heavy atom. The van der Waals surface area contributed by atoms with Crippen molar-refractivity contribution in [2.24, 2.45) is 0 Å². The summed E-state index contributed by atoms with van der Waals surface area (Å²) in [6, 6.07) is 8.83. The van der Waals surface area contributed by atoms with Crippen molar-refractivity contribution in [2.45, 2.75) is 26.7 Å². The molecular weight excluding hydrogens is 144 g/mol. The van der Waals surface area contributed by atoms with E-state index in [1.54, 1.807) is 0 Å². The van der Waals surface area contributed by atoms with Crippen molar-refractivity contribution in [2.75, 3.05) is 0 Å². The van der Waals surface area contributed by atoms with Crippen LogP contribution in [0.2, 0.25) is 0 Å². The number of benzene rings is 1. The van der Waals surface area contributed by atoms with E-state index in [0.717, 1.165) is 12.8 Å². The summed E-state index contributed by atoms with van der Waals surface area (Å²) in [7, 11) is 0. The molecule has 12 heavy (non-hydrogen) atoms. The van der Waals surface area contributed by atoms with E-state index in [1.165, 1.54) is 11.1 Å². The largest absolute Gasteiger partial charge is 0.0913 e. The molecule has 0 saturated carbocycles. The van der Waals surface area contributed by atoms with Crippen molar-refractivity contribution in [3.8, 4) is 0 Å². The van der Waals surface area contributed by atoms with E-state index in [2.05, 4.69) is 50.3 Å². The first-order valence-corrected chi connectivity index (χ1v) is 4.55. The van der Waals surface area contributed by atoms with E-state index in [1.807, 2.05) is 0 Å². The van der Waals surface area contributed by atoms with Crippen LogP contribution in [0.25, 0.3) is 0 Å². The van der Waals surface area contributed by atoms with Gasteiger partial charge in [-0.1, -0.05) is 43.3 Å². The molecule has 0 aliphatic carbocycles. The maximum atomic E-state index is 2.21. The van der Waals surface area contributed by atoms with Crippen molar-refractivity contribution in [3.05, 3.63) is 47.5 Å². The van der Waals surface area contributed by atoms with Gasteiger partial charge in [-0.3, -0.25) is 0 Å². The molecule has 0 aliphatic rings. The second-order valence-corrected chi connectivity index (χ2v) is 2.94. The molecule has 1 aromatic carbocycles. The highest BCUT2D eigenvalue weighted by Crippen LogP contribution is 2.05. The normalized spacial score (nSPS) is 10.8. The molecular formula is C12H16. The molecule has 1 aromatic rings. The lowest BCUT2D eigenvalue weighted by Gasteiger charge is -1.98. The Morgan fingerprint density at radius 3 is 2.17 bits per heavy atom. The third-order valence-electron chi connectivity index (χ3n) is 2.02. The van der Waals surface area contributed by atoms with E-state index in [0.29, 0.717) is 0 Å². The lowest BCUT2D eigenvalue weighted by atomic mass is 10.1. The van der Waals surface area contributed by atoms with E-state index in [9.17, 15) is 0 Å². The summed E-state index contributed by atoms with van der Waals surface area (Å²) in [5.74, 6) is 0. The zero-order valence-corrected chi connectivity index (χ0v) is 7.88. The van der Waals surface area contributed by atoms with Gasteiger partial charge in [0.15, 0.2) is 0 Å². The lowest BCUT2D eigenvalue weighted by Crippen LogP contribution is -1.83. The number of allylic oxidation sites excluding steroid dienone is 2. The Bertz CT molecular complexity index is 241. The third kappa shape index (κ3) is 2.54. The van der Waals surface area contributed by atoms with Crippen LogP contribution in [0.1, 0.15) is 25.0 Å². The van der Waals surface area contributed by atoms with Gasteiger partial charge in [-0.05, 0) is 30.9 Å². The fourth-order valence-electron chi connectivity index (χ4n) is 1.16. The van der Waals surface area contributed by atoms with Gasteiger partial charge in [-0.15, -0.1) is 0 Å². The molecule has 0 unspecified atom stereocenters. The van der Waals surface area contributed by atoms with Crippen LogP contribution in [-0.4, -0.2) is 0 Å². The quantitative estimate of drug-likeness (QED) is 0.595. The fraction of sp³-hybridized carbons (Fsp3) is 0.333. The molecule has 0 spiro atoms. The molecule has 0 amide bonds. The first kappa shape index (κ1) is 9.05. The highest BCUT2D eigenvalue weighted by Gasteiger charge is 1.89. The van der Waals surface area contributed by atoms with Gasteiger partial charge in [0.25, 0.3) is 0 Å². The predicted molar refractivity (Wildman–Crippen MR) is 54.3 cm³/mol. The standard InChI is InChI=1S/C12H16/c1-3-5-6-12-9-7-11(4-2)8-10-12/h3,5,7-10H,4,6H2,1-2H3. The topological polar surface area (TPSA) is 0 Å². The Morgan fingerprint density at radius 2 is 1.67 bits per heavy atom. The van der Waals surface area contributed by atoms with Gasteiger partial charge in [0.2, 0.25) is 0 Å². The van der Waals surface area contributed by atoms with Gasteiger partial charge >= 0.3 is 0 Å². The summed E-state index contributed by atoms with van der Waals surface area (Å²) >= 11 is 0. The van der Waals surface area contributed by atoms with Gasteiger partial charge in [0.05, 0.1) is 0 Å². The Labute approximate surface area is 74.9 Å². The van der Waals surface area contributed by atoms with Crippen LogP contribution in [0.4, 0.5) is 0 Å². The predicted octanol–water partition coefficient (Wildman–Crippen LogP) is 3.37. The van der Waals surface area contributed by atoms with Crippen LogP contribution >= 0.6 is 0 Å². The average molecular weight is 160 g/mol. The molecule has 64 valence electrons. The molecule has 1 rings (SSSR count). The fourth-order valence-corrected chi connectivity index (χ4v) is 1.16. The molecule has 0 heterocycles. The molecule has 0 aliphatic heterocycles. The smallest absolute Gasteiger partial charge is 0.00976 e. The van der Waals surface area contributed by atoms with Gasteiger partial charge in [0.1, 0.15) is 0 Å². The maximum Gasteiger partial charge on any atom is -0.00976 e. The van der Waals surface area contributed by atoms with Crippen molar-refractivity contribution in [1.29, 1.82) is 0 Å². The van der Waals surface area contributed by atoms with Gasteiger partial charge in [0, 0.05) is 0 Å². The van der Waals surface area contributed by atoms with Gasteiger partial charge in [-0.2, -0.15) is 0 Å². The molecule has 0 N–H and O–H groups in total. The molecule has 0 atom stereocenters. The van der Waals surface area contributed by atoms with Gasteiger partial charge < -0.3 is 0 Å². The van der Waals surface area contributed by atoms with Crippen LogP contribution < -0.4 is 0 Å². The summed E-state index contributed by atoms with van der Waals surface area (Å²) in [5, 5.41) is 0. The maximum absolute atomic E-state index is 2.21. The highest BCUT2D eigenvalue weighted by atomic mass is 14.0. The van der Waals surface area contributed by atoms with Crippen molar-refractivity contribution in [1.82, 2.24) is 0 Å². The SMILES string of the molecule is CC=CCc1ccc(CC)cc1. The Kier molecular flexibility index (Phi) is 3.59. The van der Waals surface area contributed by atoms with E-state index in [4.69, 9.17) is 0 Å². The molecule has 0 nitrogen and oxygen atoms in total. The molecule has 0 bridgehead atoms. The zero-order valence-electron chi connectivity index (χ0n) is 7.88. The molecule has 0 aromatic heterocycles. The monoisotopic (exact) mass is 160 g/mol. The molecule has 0 heteroatoms. The first-order valence-electron chi connectivity index (χ1n) is 4.55. The summed E-state index contributed by atoms with van der Waals surface area (Å²) in [4.78, 5) is 0.